The molecule has 3 saturated heterocycles. The van der Waals surface area contributed by atoms with Crippen molar-refractivity contribution in [1.82, 2.24) is 19.4 Å². The van der Waals surface area contributed by atoms with Crippen LogP contribution in [0.5, 0.6) is 0 Å². The monoisotopic (exact) mass is 544 g/mol. The second-order valence-corrected chi connectivity index (χ2v) is 13.2. The highest BCUT2D eigenvalue weighted by Gasteiger charge is 2.51. The predicted molar refractivity (Wildman–Crippen MR) is 149 cm³/mol. The first kappa shape index (κ1) is 27.7. The molecule has 208 valence electrons. The summed E-state index contributed by atoms with van der Waals surface area (Å²) in [5.41, 5.74) is 4.91. The summed E-state index contributed by atoms with van der Waals surface area (Å²) in [4.78, 5) is 4.38. The Morgan fingerprint density at radius 2 is 1.76 bits per heavy atom. The van der Waals surface area contributed by atoms with Gasteiger partial charge >= 0.3 is 0 Å². The molecule has 4 unspecified atom stereocenters. The highest BCUT2D eigenvalue weighted by molar-refractivity contribution is 7.89. The quantitative estimate of drug-likeness (QED) is 0.601. The van der Waals surface area contributed by atoms with Crippen LogP contribution in [0.2, 0.25) is 0 Å². The van der Waals surface area contributed by atoms with Crippen molar-refractivity contribution in [2.75, 3.05) is 46.9 Å². The lowest BCUT2D eigenvalue weighted by molar-refractivity contribution is -0.0636. The summed E-state index contributed by atoms with van der Waals surface area (Å²) in [6, 6.07) is 12.2. The lowest BCUT2D eigenvalue weighted by Crippen LogP contribution is -2.68. The Kier molecular flexibility index (Phi) is 7.97. The van der Waals surface area contributed by atoms with E-state index >= 15 is 0 Å². The molecule has 5 rings (SSSR count). The van der Waals surface area contributed by atoms with E-state index in [1.807, 2.05) is 38.8 Å². The van der Waals surface area contributed by atoms with Crippen LogP contribution < -0.4 is 5.32 Å². The fraction of sp³-hybridized carbons (Fsp3) is 0.586. The molecule has 7 nitrogen and oxygen atoms in total. The van der Waals surface area contributed by atoms with E-state index in [-0.39, 0.29) is 30.0 Å². The Hall–Kier alpha value is -1.88. The molecular weight excluding hydrogens is 503 g/mol. The first-order valence-electron chi connectivity index (χ1n) is 13.7. The van der Waals surface area contributed by atoms with Crippen LogP contribution in [0.4, 0.5) is 4.39 Å². The number of hydrogen-bond donors (Lipinski definition) is 1. The van der Waals surface area contributed by atoms with Crippen LogP contribution in [-0.4, -0.2) is 93.1 Å². The van der Waals surface area contributed by atoms with Gasteiger partial charge in [-0.1, -0.05) is 30.3 Å². The van der Waals surface area contributed by atoms with Crippen molar-refractivity contribution in [3.63, 3.8) is 0 Å². The molecule has 3 fully saturated rings. The third-order valence-corrected chi connectivity index (χ3v) is 11.4. The van der Waals surface area contributed by atoms with Gasteiger partial charge in [0.25, 0.3) is 0 Å². The molecule has 3 heterocycles. The lowest BCUT2D eigenvalue weighted by Gasteiger charge is -2.57. The maximum absolute atomic E-state index is 14.0. The molecule has 0 radical (unpaired) electrons. The van der Waals surface area contributed by atoms with Gasteiger partial charge in [0.1, 0.15) is 11.2 Å². The van der Waals surface area contributed by atoms with Gasteiger partial charge in [0.05, 0.1) is 12.8 Å². The second kappa shape index (κ2) is 10.9. The van der Waals surface area contributed by atoms with E-state index in [2.05, 4.69) is 34.5 Å². The smallest absolute Gasteiger partial charge is 0.231 e. The molecule has 0 bridgehead atoms. The molecule has 2 aromatic rings. The molecule has 3 aliphatic heterocycles. The fourth-order valence-corrected chi connectivity index (χ4v) is 8.57. The number of rotatable bonds is 6. The number of fused-ring (bicyclic) bond motifs is 1. The zero-order valence-corrected chi connectivity index (χ0v) is 24.0. The zero-order valence-electron chi connectivity index (χ0n) is 23.2. The molecule has 0 amide bonds. The van der Waals surface area contributed by atoms with Crippen molar-refractivity contribution in [2.24, 2.45) is 0 Å². The molecule has 0 aromatic heterocycles. The average Bonchev–Trinajstić information content (AvgIpc) is 3.22. The Morgan fingerprint density at radius 1 is 1.05 bits per heavy atom. The van der Waals surface area contributed by atoms with Gasteiger partial charge in [0, 0.05) is 44.7 Å². The summed E-state index contributed by atoms with van der Waals surface area (Å²) >= 11 is 0. The number of methoxy groups -OCH3 is 1. The summed E-state index contributed by atoms with van der Waals surface area (Å²) in [6.07, 6.45) is 1.86. The maximum atomic E-state index is 14.0. The van der Waals surface area contributed by atoms with Crippen LogP contribution in [0, 0.1) is 19.7 Å². The van der Waals surface area contributed by atoms with Crippen molar-refractivity contribution in [3.8, 4) is 11.1 Å². The van der Waals surface area contributed by atoms with Gasteiger partial charge in [-0.15, -0.1) is 0 Å². The molecule has 0 aliphatic carbocycles. The number of nitrogens with one attached hydrogen (secondary N) is 1. The van der Waals surface area contributed by atoms with Crippen LogP contribution in [0.25, 0.3) is 11.1 Å². The van der Waals surface area contributed by atoms with Crippen molar-refractivity contribution in [3.05, 3.63) is 58.9 Å². The zero-order chi connectivity index (χ0) is 27.2. The number of ether oxygens (including phenoxy) is 1. The minimum atomic E-state index is -3.49. The number of nitrogens with zero attached hydrogens (tertiary/aromatic N) is 3. The maximum Gasteiger partial charge on any atom is 0.231 e. The normalized spacial score (nSPS) is 29.5. The fourth-order valence-electron chi connectivity index (χ4n) is 6.57. The highest BCUT2D eigenvalue weighted by Crippen LogP contribution is 2.43. The Labute approximate surface area is 227 Å². The Morgan fingerprint density at radius 3 is 2.42 bits per heavy atom. The van der Waals surface area contributed by atoms with Gasteiger partial charge in [-0.2, -0.15) is 4.31 Å². The first-order chi connectivity index (χ1) is 18.1. The van der Waals surface area contributed by atoms with E-state index in [0.717, 1.165) is 36.1 Å². The number of halogens is 1. The van der Waals surface area contributed by atoms with Crippen LogP contribution in [0.15, 0.2) is 36.4 Å². The highest BCUT2D eigenvalue weighted by atomic mass is 32.2. The van der Waals surface area contributed by atoms with Crippen LogP contribution in [0.1, 0.15) is 42.4 Å². The van der Waals surface area contributed by atoms with Crippen molar-refractivity contribution >= 4 is 10.0 Å². The molecule has 2 aromatic carbocycles. The summed E-state index contributed by atoms with van der Waals surface area (Å²) in [5.74, 6) is -0.00753. The van der Waals surface area contributed by atoms with E-state index in [4.69, 9.17) is 4.74 Å². The van der Waals surface area contributed by atoms with Gasteiger partial charge in [-0.25, -0.2) is 12.8 Å². The lowest BCUT2D eigenvalue weighted by atomic mass is 9.74. The molecular formula is C29H41FN4O3S. The van der Waals surface area contributed by atoms with E-state index in [0.29, 0.717) is 31.8 Å². The van der Waals surface area contributed by atoms with E-state index in [9.17, 15) is 12.8 Å². The molecule has 9 heteroatoms. The van der Waals surface area contributed by atoms with Gasteiger partial charge < -0.3 is 4.74 Å². The summed E-state index contributed by atoms with van der Waals surface area (Å²) < 4.78 is 49.0. The van der Waals surface area contributed by atoms with Crippen molar-refractivity contribution < 1.29 is 17.5 Å². The third-order valence-electron chi connectivity index (χ3n) is 9.17. The van der Waals surface area contributed by atoms with Gasteiger partial charge in [0.2, 0.25) is 10.0 Å². The molecule has 0 saturated carbocycles. The first-order valence-corrected chi connectivity index (χ1v) is 15.2. The van der Waals surface area contributed by atoms with Gasteiger partial charge in [-0.3, -0.25) is 15.1 Å². The Balaban J connectivity index is 1.42. The molecule has 0 spiro atoms. The largest absolute Gasteiger partial charge is 0.383 e. The summed E-state index contributed by atoms with van der Waals surface area (Å²) in [6.45, 7) is 8.84. The summed E-state index contributed by atoms with van der Waals surface area (Å²) in [5, 5.41) is 2.75. The standard InChI is InChI=1S/C29H41FN4O3S/c1-19-20(2)25(30)13-12-24(19)22-8-10-23(11-9-22)29-26-17-33(14-6-7-15-34(26)27(29)18-37-5)38(35,36)28-16-31-21(3)32(28)4/h8-13,21,26-29,31H,6-7,14-18H2,1-5H3/t21?,26?,27?,28?,29-/m0/s1. The van der Waals surface area contributed by atoms with Crippen LogP contribution in [-0.2, 0) is 14.8 Å². The molecule has 38 heavy (non-hydrogen) atoms. The summed E-state index contributed by atoms with van der Waals surface area (Å²) in [7, 11) is 0.131. The number of sulfonamides is 1. The van der Waals surface area contributed by atoms with E-state index < -0.39 is 15.4 Å². The van der Waals surface area contributed by atoms with E-state index in [1.54, 1.807) is 11.4 Å². The van der Waals surface area contributed by atoms with Crippen LogP contribution >= 0.6 is 0 Å². The predicted octanol–water partition coefficient (Wildman–Crippen LogP) is 3.53. The molecule has 3 aliphatic rings. The topological polar surface area (TPSA) is 65.1 Å². The van der Waals surface area contributed by atoms with Crippen LogP contribution in [0.3, 0.4) is 0 Å². The minimum Gasteiger partial charge on any atom is -0.383 e. The number of benzene rings is 2. The van der Waals surface area contributed by atoms with Gasteiger partial charge in [-0.05, 0) is 81.1 Å². The van der Waals surface area contributed by atoms with E-state index in [1.165, 1.54) is 11.6 Å². The second-order valence-electron chi connectivity index (χ2n) is 11.1. The van der Waals surface area contributed by atoms with Gasteiger partial charge in [0.15, 0.2) is 0 Å². The molecule has 5 atom stereocenters. The average molecular weight is 545 g/mol. The number of hydrogen-bond acceptors (Lipinski definition) is 6. The van der Waals surface area contributed by atoms with Crippen molar-refractivity contribution in [1.29, 1.82) is 0 Å². The molecule has 1 N–H and O–H groups in total. The third kappa shape index (κ3) is 4.82. The SMILES string of the molecule is COCC1[C@@H](c2ccc(-c3ccc(F)c(C)c3C)cc2)C2CN(S(=O)(=O)C3CNC(C)N3C)CCCCN12. The minimum absolute atomic E-state index is 0.0376. The van der Waals surface area contributed by atoms with Crippen molar-refractivity contribution in [2.45, 2.75) is 63.2 Å². The number of likely N-dealkylation sites (N-methyl/N-ethyl adjacent to an activating group) is 1. The Bertz CT molecular complexity index is 1260.